The number of ether oxygens (including phenoxy) is 2. The molecule has 1 atom stereocenters. The number of rotatable bonds is 10. The number of carbonyl (C=O) groups excluding carboxylic acids is 2. The summed E-state index contributed by atoms with van der Waals surface area (Å²) >= 11 is 0. The maximum absolute atomic E-state index is 12.9. The zero-order valence-corrected chi connectivity index (χ0v) is 17.5. The Morgan fingerprint density at radius 3 is 2.71 bits per heavy atom. The van der Waals surface area contributed by atoms with Gasteiger partial charge in [-0.15, -0.1) is 0 Å². The van der Waals surface area contributed by atoms with Crippen LogP contribution in [0.25, 0.3) is 0 Å². The molecule has 1 aliphatic heterocycles. The first-order chi connectivity index (χ1) is 13.6. The molecule has 6 nitrogen and oxygen atoms in total. The Balaban J connectivity index is 1.99. The van der Waals surface area contributed by atoms with Crippen molar-refractivity contribution in [3.05, 3.63) is 23.8 Å². The summed E-state index contributed by atoms with van der Waals surface area (Å²) in [6.07, 6.45) is 6.22. The summed E-state index contributed by atoms with van der Waals surface area (Å²) in [5.74, 6) is 1.06. The summed E-state index contributed by atoms with van der Waals surface area (Å²) in [6, 6.07) is 5.32. The van der Waals surface area contributed by atoms with Crippen LogP contribution in [0.3, 0.4) is 0 Å². The van der Waals surface area contributed by atoms with E-state index in [1.165, 1.54) is 12.8 Å². The minimum Gasteiger partial charge on any atom is -0.493 e. The third-order valence-electron chi connectivity index (χ3n) is 5.10. The van der Waals surface area contributed by atoms with Gasteiger partial charge in [-0.25, -0.2) is 0 Å². The molecule has 1 N–H and O–H groups in total. The molecule has 1 aromatic rings. The second-order valence-corrected chi connectivity index (χ2v) is 7.26. The van der Waals surface area contributed by atoms with Crippen LogP contribution >= 0.6 is 0 Å². The van der Waals surface area contributed by atoms with Crippen molar-refractivity contribution in [1.82, 2.24) is 10.2 Å². The molecule has 0 aromatic heterocycles. The summed E-state index contributed by atoms with van der Waals surface area (Å²) in [4.78, 5) is 26.8. The van der Waals surface area contributed by atoms with Crippen LogP contribution in [0.1, 0.15) is 62.7 Å². The standard InChI is InChI=1S/C22H34N2O4/c1-4-6-7-8-14-28-19-12-11-17(15-20(19)27-3)22(26)24-13-9-10-18(16-24)21(25)23-5-2/h11-12,15,18H,4-10,13-14,16H2,1-3H3,(H,23,25). The Kier molecular flexibility index (Phi) is 9.11. The van der Waals surface area contributed by atoms with Gasteiger partial charge >= 0.3 is 0 Å². The summed E-state index contributed by atoms with van der Waals surface area (Å²) in [5.41, 5.74) is 0.562. The molecule has 156 valence electrons. The monoisotopic (exact) mass is 390 g/mol. The van der Waals surface area contributed by atoms with Crippen LogP contribution < -0.4 is 14.8 Å². The van der Waals surface area contributed by atoms with Gasteiger partial charge in [0.15, 0.2) is 11.5 Å². The molecule has 1 heterocycles. The van der Waals surface area contributed by atoms with Gasteiger partial charge in [0.05, 0.1) is 19.6 Å². The maximum atomic E-state index is 12.9. The minimum atomic E-state index is -0.134. The van der Waals surface area contributed by atoms with Crippen molar-refractivity contribution >= 4 is 11.8 Å². The fourth-order valence-corrected chi connectivity index (χ4v) is 3.51. The van der Waals surface area contributed by atoms with Crippen molar-refractivity contribution in [3.63, 3.8) is 0 Å². The van der Waals surface area contributed by atoms with E-state index in [0.717, 1.165) is 25.7 Å². The number of unbranched alkanes of at least 4 members (excludes halogenated alkanes) is 3. The van der Waals surface area contributed by atoms with Gasteiger partial charge in [-0.3, -0.25) is 9.59 Å². The Morgan fingerprint density at radius 1 is 1.18 bits per heavy atom. The summed E-state index contributed by atoms with van der Waals surface area (Å²) < 4.78 is 11.3. The highest BCUT2D eigenvalue weighted by molar-refractivity contribution is 5.95. The molecule has 2 rings (SSSR count). The predicted molar refractivity (Wildman–Crippen MR) is 110 cm³/mol. The topological polar surface area (TPSA) is 67.9 Å². The van der Waals surface area contributed by atoms with E-state index in [1.54, 1.807) is 30.2 Å². The lowest BCUT2D eigenvalue weighted by molar-refractivity contribution is -0.126. The molecule has 1 aliphatic rings. The fraction of sp³-hybridized carbons (Fsp3) is 0.636. The molecule has 0 spiro atoms. The number of piperidine rings is 1. The molecule has 0 aliphatic carbocycles. The largest absolute Gasteiger partial charge is 0.493 e. The first kappa shape index (κ1) is 22.1. The molecule has 1 aromatic carbocycles. The van der Waals surface area contributed by atoms with Crippen LogP contribution in [0, 0.1) is 5.92 Å². The molecule has 0 bridgehead atoms. The van der Waals surface area contributed by atoms with Crippen molar-refractivity contribution in [1.29, 1.82) is 0 Å². The zero-order chi connectivity index (χ0) is 20.4. The number of likely N-dealkylation sites (tertiary alicyclic amines) is 1. The number of carbonyl (C=O) groups is 2. The number of nitrogens with zero attached hydrogens (tertiary/aromatic N) is 1. The van der Waals surface area contributed by atoms with E-state index in [4.69, 9.17) is 9.47 Å². The lowest BCUT2D eigenvalue weighted by Gasteiger charge is -2.32. The smallest absolute Gasteiger partial charge is 0.254 e. The van der Waals surface area contributed by atoms with Crippen molar-refractivity contribution in [2.45, 2.75) is 52.4 Å². The van der Waals surface area contributed by atoms with E-state index in [0.29, 0.717) is 43.3 Å². The van der Waals surface area contributed by atoms with E-state index in [-0.39, 0.29) is 17.7 Å². The number of benzene rings is 1. The summed E-state index contributed by atoms with van der Waals surface area (Å²) in [7, 11) is 1.58. The Labute approximate surface area is 168 Å². The van der Waals surface area contributed by atoms with E-state index < -0.39 is 0 Å². The first-order valence-electron chi connectivity index (χ1n) is 10.5. The van der Waals surface area contributed by atoms with Crippen molar-refractivity contribution in [2.75, 3.05) is 33.4 Å². The van der Waals surface area contributed by atoms with Crippen LogP contribution in [-0.4, -0.2) is 50.1 Å². The number of hydrogen-bond acceptors (Lipinski definition) is 4. The molecule has 1 fully saturated rings. The molecular weight excluding hydrogens is 356 g/mol. The molecule has 1 saturated heterocycles. The number of hydrogen-bond donors (Lipinski definition) is 1. The normalized spacial score (nSPS) is 16.5. The third kappa shape index (κ3) is 6.14. The minimum absolute atomic E-state index is 0.0319. The Hall–Kier alpha value is -2.24. The highest BCUT2D eigenvalue weighted by atomic mass is 16.5. The molecular formula is C22H34N2O4. The quantitative estimate of drug-likeness (QED) is 0.619. The second kappa shape index (κ2) is 11.6. The molecule has 2 amide bonds. The van der Waals surface area contributed by atoms with E-state index in [2.05, 4.69) is 12.2 Å². The molecule has 0 saturated carbocycles. The van der Waals surface area contributed by atoms with Crippen molar-refractivity contribution in [2.24, 2.45) is 5.92 Å². The van der Waals surface area contributed by atoms with Crippen LogP contribution in [0.2, 0.25) is 0 Å². The molecule has 6 heteroatoms. The van der Waals surface area contributed by atoms with Crippen LogP contribution in [0.5, 0.6) is 11.5 Å². The number of nitrogens with one attached hydrogen (secondary N) is 1. The Bertz CT molecular complexity index is 647. The van der Waals surface area contributed by atoms with Gasteiger partial charge < -0.3 is 19.7 Å². The van der Waals surface area contributed by atoms with Gasteiger partial charge in [0.1, 0.15) is 0 Å². The summed E-state index contributed by atoms with van der Waals surface area (Å²) in [6.45, 7) is 6.48. The van der Waals surface area contributed by atoms with Crippen molar-refractivity contribution < 1.29 is 19.1 Å². The van der Waals surface area contributed by atoms with Crippen LogP contribution in [0.4, 0.5) is 0 Å². The third-order valence-corrected chi connectivity index (χ3v) is 5.10. The highest BCUT2D eigenvalue weighted by Crippen LogP contribution is 2.29. The first-order valence-corrected chi connectivity index (χ1v) is 10.5. The van der Waals surface area contributed by atoms with Gasteiger partial charge in [0.25, 0.3) is 5.91 Å². The SMILES string of the molecule is CCCCCCOc1ccc(C(=O)N2CCCC(C(=O)NCC)C2)cc1OC. The van der Waals surface area contributed by atoms with E-state index >= 15 is 0 Å². The van der Waals surface area contributed by atoms with E-state index in [9.17, 15) is 9.59 Å². The number of methoxy groups -OCH3 is 1. The van der Waals surface area contributed by atoms with E-state index in [1.807, 2.05) is 6.92 Å². The Morgan fingerprint density at radius 2 is 2.00 bits per heavy atom. The van der Waals surface area contributed by atoms with Gasteiger partial charge in [-0.2, -0.15) is 0 Å². The lowest BCUT2D eigenvalue weighted by Crippen LogP contribution is -2.45. The highest BCUT2D eigenvalue weighted by Gasteiger charge is 2.29. The molecule has 28 heavy (non-hydrogen) atoms. The number of amides is 2. The lowest BCUT2D eigenvalue weighted by atomic mass is 9.96. The van der Waals surface area contributed by atoms with Gasteiger partial charge in [-0.1, -0.05) is 26.2 Å². The van der Waals surface area contributed by atoms with Crippen LogP contribution in [-0.2, 0) is 4.79 Å². The predicted octanol–water partition coefficient (Wildman–Crippen LogP) is 3.64. The average Bonchev–Trinajstić information content (AvgIpc) is 2.73. The average molecular weight is 391 g/mol. The molecule has 0 radical (unpaired) electrons. The van der Waals surface area contributed by atoms with Gasteiger partial charge in [0, 0.05) is 25.2 Å². The second-order valence-electron chi connectivity index (χ2n) is 7.26. The van der Waals surface area contributed by atoms with Gasteiger partial charge in [-0.05, 0) is 44.4 Å². The zero-order valence-electron chi connectivity index (χ0n) is 17.5. The van der Waals surface area contributed by atoms with Crippen molar-refractivity contribution in [3.8, 4) is 11.5 Å². The fourth-order valence-electron chi connectivity index (χ4n) is 3.51. The van der Waals surface area contributed by atoms with Gasteiger partial charge in [0.2, 0.25) is 5.91 Å². The molecule has 1 unspecified atom stereocenters. The maximum Gasteiger partial charge on any atom is 0.254 e. The summed E-state index contributed by atoms with van der Waals surface area (Å²) in [5, 5.41) is 2.86. The van der Waals surface area contributed by atoms with Crippen LogP contribution in [0.15, 0.2) is 18.2 Å².